The Hall–Kier alpha value is -2.16. The van der Waals surface area contributed by atoms with Crippen molar-refractivity contribution in [1.29, 1.82) is 0 Å². The molecule has 32 heavy (non-hydrogen) atoms. The van der Waals surface area contributed by atoms with E-state index in [9.17, 15) is 0 Å². The zero-order chi connectivity index (χ0) is 20.2. The molecule has 3 aromatic rings. The number of aromatic nitrogens is 2. The first-order chi connectivity index (χ1) is 14.8. The van der Waals surface area contributed by atoms with E-state index in [0.29, 0.717) is 0 Å². The summed E-state index contributed by atoms with van der Waals surface area (Å²) in [5.74, 6) is 1.69. The minimum absolute atomic E-state index is 0. The first-order valence-electron chi connectivity index (χ1n) is 10.6. The van der Waals surface area contributed by atoms with Crippen LogP contribution in [0.25, 0.3) is 10.9 Å². The van der Waals surface area contributed by atoms with E-state index in [4.69, 9.17) is 19.4 Å². The van der Waals surface area contributed by atoms with Gasteiger partial charge >= 0.3 is 0 Å². The van der Waals surface area contributed by atoms with Gasteiger partial charge in [0, 0.05) is 42.9 Å². The lowest BCUT2D eigenvalue weighted by Gasteiger charge is -2.29. The Morgan fingerprint density at radius 1 is 0.781 bits per heavy atom. The van der Waals surface area contributed by atoms with Gasteiger partial charge in [-0.05, 0) is 36.4 Å². The number of nitrogens with one attached hydrogen (secondary N) is 1. The van der Waals surface area contributed by atoms with Gasteiger partial charge in [-0.3, -0.25) is 4.90 Å². The van der Waals surface area contributed by atoms with Crippen LogP contribution in [-0.2, 0) is 16.0 Å². The van der Waals surface area contributed by atoms with Gasteiger partial charge in [-0.25, -0.2) is 9.97 Å². The Kier molecular flexibility index (Phi) is 8.90. The molecule has 0 bridgehead atoms. The van der Waals surface area contributed by atoms with Crippen LogP contribution in [0.1, 0.15) is 5.82 Å². The molecule has 3 heterocycles. The monoisotopic (exact) mass is 477 g/mol. The van der Waals surface area contributed by atoms with E-state index in [1.165, 1.54) is 5.69 Å². The molecule has 2 saturated heterocycles. The van der Waals surface area contributed by atoms with E-state index in [1.807, 2.05) is 18.2 Å². The third-order valence-electron chi connectivity index (χ3n) is 5.62. The largest absolute Gasteiger partial charge is 0.379 e. The Balaban J connectivity index is 0.00000144. The van der Waals surface area contributed by atoms with Crippen molar-refractivity contribution in [3.63, 3.8) is 0 Å². The highest BCUT2D eigenvalue weighted by Gasteiger charge is 2.15. The smallest absolute Gasteiger partial charge is 0.145 e. The average molecular weight is 478 g/mol. The van der Waals surface area contributed by atoms with Crippen molar-refractivity contribution in [3.05, 3.63) is 54.4 Å². The summed E-state index contributed by atoms with van der Waals surface area (Å²) in [7, 11) is 0. The molecule has 2 aliphatic rings. The zero-order valence-corrected chi connectivity index (χ0v) is 19.5. The second-order valence-electron chi connectivity index (χ2n) is 7.67. The van der Waals surface area contributed by atoms with Gasteiger partial charge < -0.3 is 19.7 Å². The van der Waals surface area contributed by atoms with E-state index >= 15 is 0 Å². The van der Waals surface area contributed by atoms with Crippen molar-refractivity contribution in [3.8, 4) is 0 Å². The Morgan fingerprint density at radius 3 is 2.16 bits per heavy atom. The predicted molar refractivity (Wildman–Crippen MR) is 133 cm³/mol. The summed E-state index contributed by atoms with van der Waals surface area (Å²) in [4.78, 5) is 14.4. The van der Waals surface area contributed by atoms with Gasteiger partial charge in [0.25, 0.3) is 0 Å². The molecule has 172 valence electrons. The van der Waals surface area contributed by atoms with Crippen LogP contribution in [0.4, 0.5) is 17.2 Å². The number of ether oxygens (including phenoxy) is 2. The number of rotatable bonds is 5. The molecule has 0 unspecified atom stereocenters. The molecule has 0 spiro atoms. The Labute approximate surface area is 200 Å². The fourth-order valence-corrected chi connectivity index (χ4v) is 3.96. The number of hydrogen-bond donors (Lipinski definition) is 1. The first kappa shape index (κ1) is 24.5. The van der Waals surface area contributed by atoms with E-state index in [0.717, 1.165) is 87.4 Å². The molecule has 5 rings (SSSR count). The fourth-order valence-electron chi connectivity index (χ4n) is 3.96. The maximum absolute atomic E-state index is 5.46. The molecule has 0 radical (unpaired) electrons. The maximum atomic E-state index is 5.46. The number of benzene rings is 2. The minimum atomic E-state index is 0. The second kappa shape index (κ2) is 11.6. The van der Waals surface area contributed by atoms with Gasteiger partial charge in [0.15, 0.2) is 0 Å². The van der Waals surface area contributed by atoms with Crippen LogP contribution < -0.4 is 10.2 Å². The van der Waals surface area contributed by atoms with Crippen LogP contribution in [0.5, 0.6) is 0 Å². The second-order valence-corrected chi connectivity index (χ2v) is 7.67. The lowest BCUT2D eigenvalue weighted by atomic mass is 10.2. The van der Waals surface area contributed by atoms with Gasteiger partial charge in [-0.2, -0.15) is 0 Å². The van der Waals surface area contributed by atoms with Gasteiger partial charge in [-0.15, -0.1) is 24.8 Å². The third-order valence-corrected chi connectivity index (χ3v) is 5.62. The summed E-state index contributed by atoms with van der Waals surface area (Å²) in [6.07, 6.45) is 0. The molecule has 0 aliphatic carbocycles. The topological polar surface area (TPSA) is 62.8 Å². The molecule has 2 fully saturated rings. The number of morpholine rings is 2. The lowest BCUT2D eigenvalue weighted by molar-refractivity contribution is 0.0331. The van der Waals surface area contributed by atoms with Crippen LogP contribution in [0.3, 0.4) is 0 Å². The molecule has 1 N–H and O–H groups in total. The predicted octanol–water partition coefficient (Wildman–Crippen LogP) is 3.89. The number of halogens is 2. The highest BCUT2D eigenvalue weighted by atomic mass is 35.5. The van der Waals surface area contributed by atoms with E-state index < -0.39 is 0 Å². The number of anilines is 3. The molecule has 7 nitrogen and oxygen atoms in total. The van der Waals surface area contributed by atoms with E-state index in [2.05, 4.69) is 45.4 Å². The summed E-state index contributed by atoms with van der Waals surface area (Å²) in [5, 5.41) is 4.55. The molecule has 0 atom stereocenters. The summed E-state index contributed by atoms with van der Waals surface area (Å²) in [5.41, 5.74) is 3.21. The van der Waals surface area contributed by atoms with Gasteiger partial charge in [0.1, 0.15) is 11.6 Å². The maximum Gasteiger partial charge on any atom is 0.145 e. The number of hydrogen-bond acceptors (Lipinski definition) is 7. The Bertz CT molecular complexity index is 993. The van der Waals surface area contributed by atoms with E-state index in [1.54, 1.807) is 0 Å². The normalized spacial score (nSPS) is 16.8. The molecule has 0 saturated carbocycles. The summed E-state index contributed by atoms with van der Waals surface area (Å²) < 4.78 is 10.9. The number of para-hydroxylation sites is 1. The zero-order valence-electron chi connectivity index (χ0n) is 17.9. The van der Waals surface area contributed by atoms with Crippen molar-refractivity contribution in [2.45, 2.75) is 6.54 Å². The third kappa shape index (κ3) is 5.79. The Morgan fingerprint density at radius 2 is 1.44 bits per heavy atom. The quantitative estimate of drug-likeness (QED) is 0.597. The molecule has 1 aromatic heterocycles. The van der Waals surface area contributed by atoms with Crippen molar-refractivity contribution < 1.29 is 9.47 Å². The van der Waals surface area contributed by atoms with Crippen LogP contribution in [-0.4, -0.2) is 67.5 Å². The highest BCUT2D eigenvalue weighted by Crippen LogP contribution is 2.26. The first-order valence-corrected chi connectivity index (χ1v) is 10.6. The highest BCUT2D eigenvalue weighted by molar-refractivity contribution is 5.90. The van der Waals surface area contributed by atoms with Crippen molar-refractivity contribution in [2.75, 3.05) is 62.8 Å². The van der Waals surface area contributed by atoms with Crippen LogP contribution in [0.2, 0.25) is 0 Å². The fraction of sp³-hybridized carbons (Fsp3) is 0.391. The minimum Gasteiger partial charge on any atom is -0.379 e. The van der Waals surface area contributed by atoms with Gasteiger partial charge in [0.2, 0.25) is 0 Å². The molecule has 2 aromatic carbocycles. The SMILES string of the molecule is Cl.Cl.c1ccc2c(Nc3ccc(N4CCOCC4)cc3)nc(CN3CCOCC3)nc2c1. The van der Waals surface area contributed by atoms with Crippen LogP contribution >= 0.6 is 24.8 Å². The summed E-state index contributed by atoms with van der Waals surface area (Å²) >= 11 is 0. The molecular weight excluding hydrogens is 449 g/mol. The van der Waals surface area contributed by atoms with E-state index in [-0.39, 0.29) is 24.8 Å². The van der Waals surface area contributed by atoms with Gasteiger partial charge in [0.05, 0.1) is 38.5 Å². The molecule has 0 amide bonds. The van der Waals surface area contributed by atoms with Crippen molar-refractivity contribution in [1.82, 2.24) is 14.9 Å². The van der Waals surface area contributed by atoms with Crippen LogP contribution in [0.15, 0.2) is 48.5 Å². The van der Waals surface area contributed by atoms with Crippen LogP contribution in [0, 0.1) is 0 Å². The summed E-state index contributed by atoms with van der Waals surface area (Å²) in [6, 6.07) is 16.7. The lowest BCUT2D eigenvalue weighted by Crippen LogP contribution is -2.36. The molecular formula is C23H29Cl2N5O2. The molecule has 9 heteroatoms. The summed E-state index contributed by atoms with van der Waals surface area (Å²) in [6.45, 7) is 7.57. The number of nitrogens with zero attached hydrogens (tertiary/aromatic N) is 4. The van der Waals surface area contributed by atoms with Gasteiger partial charge in [-0.1, -0.05) is 12.1 Å². The molecule has 2 aliphatic heterocycles. The average Bonchev–Trinajstić information content (AvgIpc) is 2.81. The number of fused-ring (bicyclic) bond motifs is 1. The van der Waals surface area contributed by atoms with Crippen molar-refractivity contribution >= 4 is 52.9 Å². The van der Waals surface area contributed by atoms with Crippen molar-refractivity contribution in [2.24, 2.45) is 0 Å². The standard InChI is InChI=1S/C23H27N5O2.2ClH/c1-2-4-21-20(3-1)23(26-22(25-21)17-27-9-13-29-14-10-27)24-18-5-7-19(8-6-18)28-11-15-30-16-12-28;;/h1-8H,9-17H2,(H,24,25,26);2*1H.